The van der Waals surface area contributed by atoms with Gasteiger partial charge in [-0.1, -0.05) is 39.7 Å². The Bertz CT molecular complexity index is 659. The molecule has 1 amide bonds. The highest BCUT2D eigenvalue weighted by Crippen LogP contribution is 2.27. The summed E-state index contributed by atoms with van der Waals surface area (Å²) in [6.07, 6.45) is 0. The van der Waals surface area contributed by atoms with E-state index in [0.29, 0.717) is 10.6 Å². The van der Waals surface area contributed by atoms with Crippen molar-refractivity contribution in [1.29, 1.82) is 0 Å². The highest BCUT2D eigenvalue weighted by atomic mass is 79.9. The normalized spacial score (nSPS) is 10.4. The van der Waals surface area contributed by atoms with E-state index in [1.54, 1.807) is 6.07 Å². The summed E-state index contributed by atoms with van der Waals surface area (Å²) in [4.78, 5) is 12.4. The second-order valence-electron chi connectivity index (χ2n) is 4.81. The van der Waals surface area contributed by atoms with E-state index in [0.717, 1.165) is 26.9 Å². The third-order valence-electron chi connectivity index (χ3n) is 3.17. The van der Waals surface area contributed by atoms with E-state index in [1.807, 2.05) is 45.0 Å². The predicted octanol–water partition coefficient (Wildman–Crippen LogP) is 5.28. The number of hydrogen-bond donors (Lipinski definition) is 1. The summed E-state index contributed by atoms with van der Waals surface area (Å²) >= 11 is 9.64. The van der Waals surface area contributed by atoms with Crippen molar-refractivity contribution in [1.82, 2.24) is 0 Å². The number of amides is 1. The maximum absolute atomic E-state index is 12.4. The molecule has 0 aliphatic carbocycles. The molecule has 0 bridgehead atoms. The van der Waals surface area contributed by atoms with Gasteiger partial charge in [0, 0.05) is 10.2 Å². The molecule has 2 nitrogen and oxygen atoms in total. The average molecular weight is 353 g/mol. The summed E-state index contributed by atoms with van der Waals surface area (Å²) in [5.74, 6) is -0.188. The first-order valence-corrected chi connectivity index (χ1v) is 7.40. The molecule has 2 aromatic rings. The molecule has 2 rings (SSSR count). The second kappa shape index (κ2) is 5.98. The Labute approximate surface area is 132 Å². The molecular weight excluding hydrogens is 338 g/mol. The molecule has 0 unspecified atom stereocenters. The third-order valence-corrected chi connectivity index (χ3v) is 4.13. The van der Waals surface area contributed by atoms with E-state index in [-0.39, 0.29) is 5.91 Å². The van der Waals surface area contributed by atoms with Gasteiger partial charge < -0.3 is 5.32 Å². The van der Waals surface area contributed by atoms with Crippen molar-refractivity contribution < 1.29 is 4.79 Å². The van der Waals surface area contributed by atoms with Gasteiger partial charge in [0.15, 0.2) is 0 Å². The summed E-state index contributed by atoms with van der Waals surface area (Å²) in [5.41, 5.74) is 4.23. The lowest BCUT2D eigenvalue weighted by Crippen LogP contribution is -2.14. The minimum Gasteiger partial charge on any atom is -0.321 e. The van der Waals surface area contributed by atoms with Gasteiger partial charge in [0.1, 0.15) is 0 Å². The van der Waals surface area contributed by atoms with Crippen LogP contribution in [0.2, 0.25) is 5.02 Å². The van der Waals surface area contributed by atoms with Crippen LogP contribution in [0.1, 0.15) is 27.0 Å². The first-order valence-electron chi connectivity index (χ1n) is 6.23. The van der Waals surface area contributed by atoms with Gasteiger partial charge in [-0.15, -0.1) is 0 Å². The molecule has 0 radical (unpaired) electrons. The molecule has 2 aromatic carbocycles. The van der Waals surface area contributed by atoms with E-state index >= 15 is 0 Å². The molecule has 0 spiro atoms. The van der Waals surface area contributed by atoms with Crippen molar-refractivity contribution in [2.24, 2.45) is 0 Å². The number of aryl methyl sites for hydroxylation is 3. The van der Waals surface area contributed by atoms with Crippen LogP contribution in [0.15, 0.2) is 34.8 Å². The van der Waals surface area contributed by atoms with Gasteiger partial charge in [-0.25, -0.2) is 0 Å². The lowest BCUT2D eigenvalue weighted by Gasteiger charge is -2.13. The minimum atomic E-state index is -0.188. The van der Waals surface area contributed by atoms with Crippen molar-refractivity contribution in [3.8, 4) is 0 Å². The Morgan fingerprint density at radius 3 is 2.30 bits per heavy atom. The predicted molar refractivity (Wildman–Crippen MR) is 87.8 cm³/mol. The molecule has 20 heavy (non-hydrogen) atoms. The van der Waals surface area contributed by atoms with Crippen LogP contribution in [0.5, 0.6) is 0 Å². The molecule has 0 atom stereocenters. The summed E-state index contributed by atoms with van der Waals surface area (Å²) < 4.78 is 0.999. The van der Waals surface area contributed by atoms with Gasteiger partial charge in [-0.3, -0.25) is 4.79 Å². The van der Waals surface area contributed by atoms with E-state index in [1.165, 1.54) is 0 Å². The molecule has 4 heteroatoms. The highest BCUT2D eigenvalue weighted by molar-refractivity contribution is 9.10. The number of anilines is 1. The van der Waals surface area contributed by atoms with Crippen LogP contribution in [-0.4, -0.2) is 5.91 Å². The van der Waals surface area contributed by atoms with Gasteiger partial charge in [0.2, 0.25) is 0 Å². The van der Waals surface area contributed by atoms with Crippen molar-refractivity contribution in [2.75, 3.05) is 5.32 Å². The average Bonchev–Trinajstić information content (AvgIpc) is 2.36. The first kappa shape index (κ1) is 15.1. The van der Waals surface area contributed by atoms with Gasteiger partial charge in [0.05, 0.1) is 10.6 Å². The van der Waals surface area contributed by atoms with E-state index < -0.39 is 0 Å². The molecule has 0 aliphatic rings. The van der Waals surface area contributed by atoms with Crippen LogP contribution < -0.4 is 5.32 Å². The fourth-order valence-electron chi connectivity index (χ4n) is 2.11. The third kappa shape index (κ3) is 3.05. The van der Waals surface area contributed by atoms with Gasteiger partial charge in [-0.05, 0) is 55.7 Å². The molecular formula is C16H15BrClNO. The Hall–Kier alpha value is -1.32. The zero-order valence-corrected chi connectivity index (χ0v) is 13.9. The van der Waals surface area contributed by atoms with E-state index in [2.05, 4.69) is 21.2 Å². The quantitative estimate of drug-likeness (QED) is 0.782. The molecule has 0 saturated carbocycles. The Kier molecular flexibility index (Phi) is 4.51. The van der Waals surface area contributed by atoms with Gasteiger partial charge >= 0.3 is 0 Å². The maximum Gasteiger partial charge on any atom is 0.257 e. The second-order valence-corrected chi connectivity index (χ2v) is 6.10. The van der Waals surface area contributed by atoms with Crippen molar-refractivity contribution in [2.45, 2.75) is 20.8 Å². The monoisotopic (exact) mass is 351 g/mol. The SMILES string of the molecule is Cc1cccc(C(=O)Nc2c(C)cc(Br)cc2C)c1Cl. The Morgan fingerprint density at radius 1 is 1.10 bits per heavy atom. The van der Waals surface area contributed by atoms with Crippen molar-refractivity contribution >= 4 is 39.1 Å². The zero-order valence-electron chi connectivity index (χ0n) is 11.6. The van der Waals surface area contributed by atoms with Gasteiger partial charge in [-0.2, -0.15) is 0 Å². The largest absolute Gasteiger partial charge is 0.321 e. The smallest absolute Gasteiger partial charge is 0.257 e. The maximum atomic E-state index is 12.4. The molecule has 0 aromatic heterocycles. The number of carbonyl (C=O) groups excluding carboxylic acids is 1. The Morgan fingerprint density at radius 2 is 1.70 bits per heavy atom. The van der Waals surface area contributed by atoms with E-state index in [4.69, 9.17) is 11.6 Å². The van der Waals surface area contributed by atoms with Crippen LogP contribution in [0.25, 0.3) is 0 Å². The topological polar surface area (TPSA) is 29.1 Å². The van der Waals surface area contributed by atoms with Gasteiger partial charge in [0.25, 0.3) is 5.91 Å². The fraction of sp³-hybridized carbons (Fsp3) is 0.188. The van der Waals surface area contributed by atoms with Crippen LogP contribution in [0, 0.1) is 20.8 Å². The number of halogens is 2. The summed E-state index contributed by atoms with van der Waals surface area (Å²) in [6.45, 7) is 5.81. The molecule has 0 fully saturated rings. The highest BCUT2D eigenvalue weighted by Gasteiger charge is 2.14. The molecule has 104 valence electrons. The lowest BCUT2D eigenvalue weighted by atomic mass is 10.1. The minimum absolute atomic E-state index is 0.188. The van der Waals surface area contributed by atoms with Crippen molar-refractivity contribution in [3.63, 3.8) is 0 Å². The summed E-state index contributed by atoms with van der Waals surface area (Å²) in [5, 5.41) is 3.44. The van der Waals surface area contributed by atoms with Crippen molar-refractivity contribution in [3.05, 3.63) is 62.1 Å². The molecule has 0 heterocycles. The van der Waals surface area contributed by atoms with Crippen LogP contribution >= 0.6 is 27.5 Å². The summed E-state index contributed by atoms with van der Waals surface area (Å²) in [6, 6.07) is 9.39. The fourth-order valence-corrected chi connectivity index (χ4v) is 3.01. The summed E-state index contributed by atoms with van der Waals surface area (Å²) in [7, 11) is 0. The lowest BCUT2D eigenvalue weighted by molar-refractivity contribution is 0.102. The van der Waals surface area contributed by atoms with Crippen LogP contribution in [-0.2, 0) is 0 Å². The van der Waals surface area contributed by atoms with E-state index in [9.17, 15) is 4.79 Å². The number of rotatable bonds is 2. The standard InChI is InChI=1S/C16H15BrClNO/c1-9-5-4-6-13(14(9)18)16(20)19-15-10(2)7-12(17)8-11(15)3/h4-8H,1-3H3,(H,19,20). The number of carbonyl (C=O) groups is 1. The number of benzene rings is 2. The van der Waals surface area contributed by atoms with Crippen LogP contribution in [0.3, 0.4) is 0 Å². The Balaban J connectivity index is 2.36. The van der Waals surface area contributed by atoms with Crippen LogP contribution in [0.4, 0.5) is 5.69 Å². The molecule has 0 aliphatic heterocycles. The molecule has 1 N–H and O–H groups in total. The zero-order chi connectivity index (χ0) is 14.9. The first-order chi connectivity index (χ1) is 9.40. The number of hydrogen-bond acceptors (Lipinski definition) is 1. The molecule has 0 saturated heterocycles. The number of nitrogens with one attached hydrogen (secondary N) is 1.